The van der Waals surface area contributed by atoms with Crippen molar-refractivity contribution < 1.29 is 0 Å². The van der Waals surface area contributed by atoms with Gasteiger partial charge in [0.05, 0.1) is 23.8 Å². The SMILES string of the molecule is [C-]#[N+]c1cncn1-c1cccc(C(C)(C)c2cccc(-n3cncc3C#N)n2)n1. The summed E-state index contributed by atoms with van der Waals surface area (Å²) in [5.41, 5.74) is 1.50. The van der Waals surface area contributed by atoms with Gasteiger partial charge >= 0.3 is 0 Å². The third kappa shape index (κ3) is 3.13. The molecular weight excluding hydrogens is 364 g/mol. The molecule has 8 heteroatoms. The van der Waals surface area contributed by atoms with Crippen molar-refractivity contribution in [2.24, 2.45) is 0 Å². The van der Waals surface area contributed by atoms with Gasteiger partial charge in [0, 0.05) is 11.5 Å². The Balaban J connectivity index is 1.77. The molecular formula is C21H16N8. The molecule has 0 amide bonds. The molecule has 0 aliphatic heterocycles. The van der Waals surface area contributed by atoms with Gasteiger partial charge in [0.15, 0.2) is 6.33 Å². The Kier molecular flexibility index (Phi) is 4.38. The second-order valence-electron chi connectivity index (χ2n) is 6.88. The Hall–Kier alpha value is -4.30. The van der Waals surface area contributed by atoms with Gasteiger partial charge < -0.3 is 4.85 Å². The minimum absolute atomic E-state index is 0.400. The second kappa shape index (κ2) is 7.02. The third-order valence-electron chi connectivity index (χ3n) is 4.73. The Bertz CT molecular complexity index is 1170. The van der Waals surface area contributed by atoms with E-state index >= 15 is 0 Å². The predicted octanol–water partition coefficient (Wildman–Crippen LogP) is 3.60. The molecule has 0 unspecified atom stereocenters. The van der Waals surface area contributed by atoms with Crippen LogP contribution in [0.25, 0.3) is 16.5 Å². The smallest absolute Gasteiger partial charge is 0.255 e. The molecule has 4 aromatic heterocycles. The van der Waals surface area contributed by atoms with Crippen LogP contribution in [0.1, 0.15) is 30.9 Å². The molecule has 4 aromatic rings. The number of imidazole rings is 2. The lowest BCUT2D eigenvalue weighted by Gasteiger charge is -2.24. The molecule has 0 aliphatic rings. The van der Waals surface area contributed by atoms with E-state index in [0.717, 1.165) is 11.4 Å². The minimum atomic E-state index is -0.516. The van der Waals surface area contributed by atoms with Gasteiger partial charge in [-0.1, -0.05) is 18.7 Å². The van der Waals surface area contributed by atoms with E-state index in [2.05, 4.69) is 20.9 Å². The minimum Gasteiger partial charge on any atom is -0.362 e. The van der Waals surface area contributed by atoms with Crippen molar-refractivity contribution in [1.82, 2.24) is 29.1 Å². The van der Waals surface area contributed by atoms with Crippen LogP contribution in [0.3, 0.4) is 0 Å². The lowest BCUT2D eigenvalue weighted by atomic mass is 9.84. The van der Waals surface area contributed by atoms with Gasteiger partial charge in [-0.25, -0.2) is 24.5 Å². The Morgan fingerprint density at radius 2 is 1.52 bits per heavy atom. The van der Waals surface area contributed by atoms with Crippen LogP contribution in [0.15, 0.2) is 61.4 Å². The van der Waals surface area contributed by atoms with Crippen molar-refractivity contribution in [2.75, 3.05) is 0 Å². The van der Waals surface area contributed by atoms with Crippen LogP contribution in [0.4, 0.5) is 5.82 Å². The van der Waals surface area contributed by atoms with E-state index in [1.165, 1.54) is 12.4 Å². The van der Waals surface area contributed by atoms with Gasteiger partial charge in [-0.05, 0) is 32.0 Å². The molecule has 0 fully saturated rings. The van der Waals surface area contributed by atoms with Crippen molar-refractivity contribution in [3.05, 3.63) is 89.9 Å². The Morgan fingerprint density at radius 1 is 0.931 bits per heavy atom. The van der Waals surface area contributed by atoms with Crippen LogP contribution >= 0.6 is 0 Å². The topological polar surface area (TPSA) is 89.6 Å². The highest BCUT2D eigenvalue weighted by Crippen LogP contribution is 2.30. The first kappa shape index (κ1) is 18.1. The van der Waals surface area contributed by atoms with E-state index in [4.69, 9.17) is 16.5 Å². The Morgan fingerprint density at radius 3 is 2.14 bits per heavy atom. The average Bonchev–Trinajstić information content (AvgIpc) is 3.43. The number of aromatic nitrogens is 6. The fourth-order valence-electron chi connectivity index (χ4n) is 3.05. The van der Waals surface area contributed by atoms with Crippen molar-refractivity contribution in [3.8, 4) is 17.7 Å². The van der Waals surface area contributed by atoms with E-state index in [1.54, 1.807) is 21.8 Å². The summed E-state index contributed by atoms with van der Waals surface area (Å²) < 4.78 is 3.30. The molecule has 8 nitrogen and oxygen atoms in total. The normalized spacial score (nSPS) is 11.0. The third-order valence-corrected chi connectivity index (χ3v) is 4.73. The van der Waals surface area contributed by atoms with E-state index < -0.39 is 5.41 Å². The number of pyridine rings is 2. The summed E-state index contributed by atoms with van der Waals surface area (Å²) in [4.78, 5) is 21.1. The molecule has 140 valence electrons. The number of nitrogens with zero attached hydrogens (tertiary/aromatic N) is 8. The summed E-state index contributed by atoms with van der Waals surface area (Å²) in [7, 11) is 0. The van der Waals surface area contributed by atoms with Crippen molar-refractivity contribution >= 4 is 5.82 Å². The molecule has 0 saturated heterocycles. The first-order valence-corrected chi connectivity index (χ1v) is 8.82. The summed E-state index contributed by atoms with van der Waals surface area (Å²) in [5.74, 6) is 1.64. The molecule has 4 rings (SSSR count). The zero-order chi connectivity index (χ0) is 20.4. The van der Waals surface area contributed by atoms with Crippen LogP contribution in [0.5, 0.6) is 0 Å². The Labute approximate surface area is 167 Å². The fraction of sp³-hybridized carbons (Fsp3) is 0.143. The van der Waals surface area contributed by atoms with Gasteiger partial charge in [0.25, 0.3) is 5.82 Å². The van der Waals surface area contributed by atoms with Crippen LogP contribution in [-0.4, -0.2) is 29.1 Å². The molecule has 29 heavy (non-hydrogen) atoms. The lowest BCUT2D eigenvalue weighted by molar-refractivity contribution is 0.591. The number of hydrogen-bond donors (Lipinski definition) is 0. The van der Waals surface area contributed by atoms with E-state index in [1.807, 2.05) is 50.2 Å². The molecule has 0 N–H and O–H groups in total. The summed E-state index contributed by atoms with van der Waals surface area (Å²) in [6.07, 6.45) is 6.16. The summed E-state index contributed by atoms with van der Waals surface area (Å²) >= 11 is 0. The fourth-order valence-corrected chi connectivity index (χ4v) is 3.05. The molecule has 0 atom stereocenters. The number of hydrogen-bond acceptors (Lipinski definition) is 5. The first-order chi connectivity index (χ1) is 14.0. The quantitative estimate of drug-likeness (QED) is 0.505. The first-order valence-electron chi connectivity index (χ1n) is 8.82. The van der Waals surface area contributed by atoms with Gasteiger partial charge in [-0.2, -0.15) is 5.26 Å². The standard InChI is InChI=1S/C21H16N8/c1-21(2,16-6-4-8-18(26-16)28-13-24-11-15(28)10-22)17-7-5-9-19(27-17)29-14-25-12-20(29)23-3/h4-9,11-14H,1-2H3. The van der Waals surface area contributed by atoms with Gasteiger partial charge in [-0.15, -0.1) is 0 Å². The molecule has 4 heterocycles. The average molecular weight is 380 g/mol. The van der Waals surface area contributed by atoms with Crippen LogP contribution in [-0.2, 0) is 5.41 Å². The van der Waals surface area contributed by atoms with Crippen molar-refractivity contribution in [3.63, 3.8) is 0 Å². The highest BCUT2D eigenvalue weighted by atomic mass is 15.2. The van der Waals surface area contributed by atoms with Crippen LogP contribution in [0, 0.1) is 17.9 Å². The predicted molar refractivity (Wildman–Crippen MR) is 106 cm³/mol. The maximum absolute atomic E-state index is 9.26. The molecule has 0 bridgehead atoms. The molecule has 0 saturated carbocycles. The van der Waals surface area contributed by atoms with Crippen LogP contribution in [0.2, 0.25) is 0 Å². The van der Waals surface area contributed by atoms with E-state index in [9.17, 15) is 5.26 Å². The maximum atomic E-state index is 9.26. The van der Waals surface area contributed by atoms with Crippen LogP contribution < -0.4 is 0 Å². The lowest BCUT2D eigenvalue weighted by Crippen LogP contribution is -2.23. The zero-order valence-electron chi connectivity index (χ0n) is 15.9. The van der Waals surface area contributed by atoms with Gasteiger partial charge in [0.1, 0.15) is 23.9 Å². The van der Waals surface area contributed by atoms with Gasteiger partial charge in [-0.3, -0.25) is 4.57 Å². The highest BCUT2D eigenvalue weighted by molar-refractivity contribution is 5.44. The summed E-state index contributed by atoms with van der Waals surface area (Å²) in [6.45, 7) is 11.4. The molecule has 0 radical (unpaired) electrons. The number of rotatable bonds is 4. The molecule has 0 aliphatic carbocycles. The van der Waals surface area contributed by atoms with Crippen molar-refractivity contribution in [2.45, 2.75) is 19.3 Å². The number of nitriles is 1. The highest BCUT2D eigenvalue weighted by Gasteiger charge is 2.28. The molecule has 0 aromatic carbocycles. The zero-order valence-corrected chi connectivity index (χ0v) is 15.9. The summed E-state index contributed by atoms with van der Waals surface area (Å²) in [5, 5.41) is 9.26. The van der Waals surface area contributed by atoms with Gasteiger partial charge in [0.2, 0.25) is 5.82 Å². The molecule has 0 spiro atoms. The van der Waals surface area contributed by atoms with Crippen molar-refractivity contribution in [1.29, 1.82) is 5.26 Å². The summed E-state index contributed by atoms with van der Waals surface area (Å²) in [6, 6.07) is 13.5. The maximum Gasteiger partial charge on any atom is 0.255 e. The van der Waals surface area contributed by atoms with E-state index in [0.29, 0.717) is 23.1 Å². The van der Waals surface area contributed by atoms with E-state index in [-0.39, 0.29) is 0 Å². The monoisotopic (exact) mass is 380 g/mol. The largest absolute Gasteiger partial charge is 0.362 e. The second-order valence-corrected chi connectivity index (χ2v) is 6.88.